The number of hydrogen-bond acceptors (Lipinski definition) is 5. The molecule has 1 saturated heterocycles. The van der Waals surface area contributed by atoms with Crippen LogP contribution in [0.1, 0.15) is 17.0 Å². The second-order valence-corrected chi connectivity index (χ2v) is 10.6. The summed E-state index contributed by atoms with van der Waals surface area (Å²) in [5, 5.41) is 7.82. The molecule has 1 amide bonds. The number of amides is 1. The average molecular weight is 457 g/mol. The number of carbonyl (C=O) groups excluding carboxylic acids is 1. The van der Waals surface area contributed by atoms with E-state index in [4.69, 9.17) is 11.6 Å². The first-order chi connectivity index (χ1) is 14.9. The number of nitrogens with one attached hydrogen (secondary N) is 2. The van der Waals surface area contributed by atoms with Crippen molar-refractivity contribution in [1.29, 1.82) is 0 Å². The maximum Gasteiger partial charge on any atom is 0.233 e. The number of carbonyl (C=O) groups is 1. The maximum atomic E-state index is 13.4. The Morgan fingerprint density at radius 1 is 1.16 bits per heavy atom. The zero-order valence-corrected chi connectivity index (χ0v) is 18.2. The lowest BCUT2D eigenvalue weighted by molar-refractivity contribution is -0.118. The van der Waals surface area contributed by atoms with Gasteiger partial charge in [-0.15, -0.1) is 0 Å². The van der Waals surface area contributed by atoms with E-state index in [-0.39, 0.29) is 19.0 Å². The molecule has 3 heterocycles. The minimum absolute atomic E-state index is 0.0796. The summed E-state index contributed by atoms with van der Waals surface area (Å²) in [5.74, 6) is -0.961. The Hall–Kier alpha value is -2.52. The molecule has 1 fully saturated rings. The molecule has 0 saturated carbocycles. The van der Waals surface area contributed by atoms with Gasteiger partial charge in [0.05, 0.1) is 17.8 Å². The van der Waals surface area contributed by atoms with Gasteiger partial charge < -0.3 is 10.6 Å². The molecule has 1 unspecified atom stereocenters. The third-order valence-corrected chi connectivity index (χ3v) is 8.39. The Morgan fingerprint density at radius 3 is 2.74 bits per heavy atom. The van der Waals surface area contributed by atoms with E-state index in [9.17, 15) is 13.2 Å². The first kappa shape index (κ1) is 20.4. The Bertz CT molecular complexity index is 1270. The van der Waals surface area contributed by atoms with Crippen molar-refractivity contribution in [1.82, 2.24) is 14.6 Å². The largest absolute Gasteiger partial charge is 0.324 e. The summed E-state index contributed by atoms with van der Waals surface area (Å²) in [6.45, 7) is 1.19. The van der Waals surface area contributed by atoms with Gasteiger partial charge in [-0.2, -0.15) is 4.31 Å². The zero-order chi connectivity index (χ0) is 21.6. The third-order valence-electron chi connectivity index (χ3n) is 5.98. The van der Waals surface area contributed by atoms with Gasteiger partial charge in [-0.1, -0.05) is 41.9 Å². The number of hydrogen-bond donors (Lipinski definition) is 2. The van der Waals surface area contributed by atoms with Gasteiger partial charge in [-0.3, -0.25) is 9.78 Å². The molecular formula is C22H21ClN4O3S. The molecule has 160 valence electrons. The lowest BCUT2D eigenvalue weighted by Crippen LogP contribution is -2.57. The highest BCUT2D eigenvalue weighted by atomic mass is 35.5. The average Bonchev–Trinajstić information content (AvgIpc) is 2.71. The van der Waals surface area contributed by atoms with E-state index in [1.165, 1.54) is 4.31 Å². The molecule has 3 aromatic rings. The number of sulfonamides is 1. The quantitative estimate of drug-likeness (QED) is 0.630. The van der Waals surface area contributed by atoms with E-state index in [2.05, 4.69) is 15.6 Å². The van der Waals surface area contributed by atoms with E-state index < -0.39 is 21.2 Å². The molecule has 2 N–H and O–H groups in total. The van der Waals surface area contributed by atoms with Crippen molar-refractivity contribution in [2.75, 3.05) is 25.0 Å². The van der Waals surface area contributed by atoms with Crippen LogP contribution in [-0.2, 0) is 21.4 Å². The van der Waals surface area contributed by atoms with Crippen molar-refractivity contribution in [3.63, 3.8) is 0 Å². The Balaban J connectivity index is 1.50. The number of halogens is 1. The van der Waals surface area contributed by atoms with E-state index in [1.807, 2.05) is 24.3 Å². The van der Waals surface area contributed by atoms with Crippen LogP contribution in [0.3, 0.4) is 0 Å². The molecule has 2 aliphatic rings. The number of nitrogens with zero attached hydrogens (tertiary/aromatic N) is 2. The maximum absolute atomic E-state index is 13.4. The summed E-state index contributed by atoms with van der Waals surface area (Å²) < 4.78 is 27.6. The van der Waals surface area contributed by atoms with Gasteiger partial charge in [-0.25, -0.2) is 8.42 Å². The van der Waals surface area contributed by atoms with Crippen LogP contribution in [0.15, 0.2) is 54.9 Å². The second-order valence-electron chi connectivity index (χ2n) is 7.91. The number of benzene rings is 2. The minimum atomic E-state index is -3.51. The van der Waals surface area contributed by atoms with E-state index >= 15 is 0 Å². The number of rotatable bonds is 4. The van der Waals surface area contributed by atoms with Crippen LogP contribution in [0.5, 0.6) is 0 Å². The summed E-state index contributed by atoms with van der Waals surface area (Å²) in [6, 6.07) is 12.9. The predicted octanol–water partition coefficient (Wildman–Crippen LogP) is 2.73. The highest BCUT2D eigenvalue weighted by Crippen LogP contribution is 2.34. The molecule has 5 rings (SSSR count). The van der Waals surface area contributed by atoms with Gasteiger partial charge in [0.2, 0.25) is 15.9 Å². The van der Waals surface area contributed by atoms with Gasteiger partial charge >= 0.3 is 0 Å². The summed E-state index contributed by atoms with van der Waals surface area (Å²) in [7, 11) is -3.51. The summed E-state index contributed by atoms with van der Waals surface area (Å²) >= 11 is 6.21. The molecule has 2 aromatic carbocycles. The fourth-order valence-corrected chi connectivity index (χ4v) is 6.06. The van der Waals surface area contributed by atoms with E-state index in [0.29, 0.717) is 23.8 Å². The summed E-state index contributed by atoms with van der Waals surface area (Å²) in [5.41, 5.74) is 2.15. The molecular weight excluding hydrogens is 436 g/mol. The van der Waals surface area contributed by atoms with E-state index in [0.717, 1.165) is 21.9 Å². The van der Waals surface area contributed by atoms with Crippen LogP contribution in [0.25, 0.3) is 10.8 Å². The standard InChI is InChI=1S/C22H21ClN4O3S/c23-16-6-5-15-12-27(31(29,30)17-9-25-10-17)13-20(19(15)7-16)22(28)26-21-11-24-8-14-3-1-2-4-18(14)21/h1-8,11,17,20,25H,9-10,12-13H2,(H,26,28). The van der Waals surface area contributed by atoms with Crippen molar-refractivity contribution < 1.29 is 13.2 Å². The SMILES string of the molecule is O=C(Nc1cncc2ccccc12)C1CN(S(=O)(=O)C2CNC2)Cc2ccc(Cl)cc21. The van der Waals surface area contributed by atoms with Gasteiger partial charge in [0.25, 0.3) is 0 Å². The molecule has 1 atom stereocenters. The fraction of sp³-hybridized carbons (Fsp3) is 0.273. The van der Waals surface area contributed by atoms with Crippen molar-refractivity contribution in [2.24, 2.45) is 0 Å². The van der Waals surface area contributed by atoms with Crippen molar-refractivity contribution in [2.45, 2.75) is 17.7 Å². The van der Waals surface area contributed by atoms with Gasteiger partial charge in [0.15, 0.2) is 0 Å². The lowest BCUT2D eigenvalue weighted by atomic mass is 9.90. The normalized spacial score (nSPS) is 19.6. The molecule has 31 heavy (non-hydrogen) atoms. The Labute approximate surface area is 185 Å². The number of pyridine rings is 1. The number of fused-ring (bicyclic) bond motifs is 2. The smallest absolute Gasteiger partial charge is 0.233 e. The zero-order valence-electron chi connectivity index (χ0n) is 16.6. The van der Waals surface area contributed by atoms with Crippen LogP contribution >= 0.6 is 11.6 Å². The van der Waals surface area contributed by atoms with Crippen LogP contribution in [0.2, 0.25) is 5.02 Å². The van der Waals surface area contributed by atoms with Crippen molar-refractivity contribution >= 4 is 44.0 Å². The summed E-state index contributed by atoms with van der Waals surface area (Å²) in [4.78, 5) is 17.6. The first-order valence-electron chi connectivity index (χ1n) is 10.0. The van der Waals surface area contributed by atoms with Gasteiger partial charge in [-0.05, 0) is 23.3 Å². The molecule has 0 bridgehead atoms. The first-order valence-corrected chi connectivity index (χ1v) is 11.9. The summed E-state index contributed by atoms with van der Waals surface area (Å²) in [6.07, 6.45) is 3.35. The predicted molar refractivity (Wildman–Crippen MR) is 121 cm³/mol. The highest BCUT2D eigenvalue weighted by Gasteiger charge is 2.41. The molecule has 9 heteroatoms. The minimum Gasteiger partial charge on any atom is -0.324 e. The van der Waals surface area contributed by atoms with Crippen LogP contribution < -0.4 is 10.6 Å². The third kappa shape index (κ3) is 3.70. The molecule has 0 spiro atoms. The molecule has 1 aromatic heterocycles. The van der Waals surface area contributed by atoms with Crippen LogP contribution in [0.4, 0.5) is 5.69 Å². The van der Waals surface area contributed by atoms with Gasteiger partial charge in [0.1, 0.15) is 5.25 Å². The Morgan fingerprint density at radius 2 is 1.97 bits per heavy atom. The monoisotopic (exact) mass is 456 g/mol. The molecule has 0 aliphatic carbocycles. The lowest BCUT2D eigenvalue weighted by Gasteiger charge is -2.38. The molecule has 7 nitrogen and oxygen atoms in total. The topological polar surface area (TPSA) is 91.4 Å². The highest BCUT2D eigenvalue weighted by molar-refractivity contribution is 7.89. The van der Waals surface area contributed by atoms with Gasteiger partial charge in [0, 0.05) is 48.2 Å². The van der Waals surface area contributed by atoms with Crippen molar-refractivity contribution in [3.05, 3.63) is 71.0 Å². The van der Waals surface area contributed by atoms with Crippen molar-refractivity contribution in [3.8, 4) is 0 Å². The number of aromatic nitrogens is 1. The second kappa shape index (κ2) is 7.87. The van der Waals surface area contributed by atoms with Crippen LogP contribution in [-0.4, -0.2) is 48.5 Å². The van der Waals surface area contributed by atoms with Crippen LogP contribution in [0, 0.1) is 0 Å². The fourth-order valence-electron chi connectivity index (χ4n) is 4.13. The molecule has 2 aliphatic heterocycles. The number of anilines is 1. The Kier molecular flexibility index (Phi) is 5.18. The molecule has 0 radical (unpaired) electrons. The van der Waals surface area contributed by atoms with E-state index in [1.54, 1.807) is 30.6 Å².